The van der Waals surface area contributed by atoms with E-state index in [0.717, 1.165) is 5.82 Å². The van der Waals surface area contributed by atoms with Crippen LogP contribution in [-0.2, 0) is 23.6 Å². The first-order valence-corrected chi connectivity index (χ1v) is 7.42. The minimum absolute atomic E-state index is 0.000750. The Kier molecular flexibility index (Phi) is 3.69. The molecule has 7 nitrogen and oxygen atoms in total. The van der Waals surface area contributed by atoms with Gasteiger partial charge in [0, 0.05) is 37.9 Å². The Bertz CT molecular complexity index is 723. The Morgan fingerprint density at radius 2 is 2.05 bits per heavy atom. The van der Waals surface area contributed by atoms with Gasteiger partial charge < -0.3 is 15.2 Å². The number of anilines is 2. The predicted molar refractivity (Wildman–Crippen MR) is 77.5 cm³/mol. The van der Waals surface area contributed by atoms with E-state index < -0.39 is 10.0 Å². The number of aryl methyl sites for hydroxylation is 1. The van der Waals surface area contributed by atoms with Crippen molar-refractivity contribution in [2.45, 2.75) is 11.4 Å². The van der Waals surface area contributed by atoms with Crippen LogP contribution in [0.4, 0.5) is 11.4 Å². The molecule has 0 saturated heterocycles. The summed E-state index contributed by atoms with van der Waals surface area (Å²) in [6.45, 7) is 0.525. The molecule has 1 heterocycles. The standard InChI is InChI=1S/C12H17N5O2S/c1-16-4-3-15-12(16)8-17(2)10-5-9(13)6-11(7-10)20(14,18)19/h3-7H,8,13H2,1-2H3,(H2,14,18,19). The van der Waals surface area contributed by atoms with Crippen molar-refractivity contribution in [2.24, 2.45) is 12.2 Å². The number of nitrogen functional groups attached to an aromatic ring is 1. The Morgan fingerprint density at radius 1 is 1.35 bits per heavy atom. The lowest BCUT2D eigenvalue weighted by Gasteiger charge is -2.20. The third kappa shape index (κ3) is 3.09. The van der Waals surface area contributed by atoms with Gasteiger partial charge in [-0.3, -0.25) is 0 Å². The van der Waals surface area contributed by atoms with Crippen molar-refractivity contribution in [1.82, 2.24) is 9.55 Å². The molecule has 2 rings (SSSR count). The second-order valence-corrected chi connectivity index (χ2v) is 6.18. The van der Waals surface area contributed by atoms with Gasteiger partial charge >= 0.3 is 0 Å². The van der Waals surface area contributed by atoms with Crippen LogP contribution < -0.4 is 15.8 Å². The van der Waals surface area contributed by atoms with Gasteiger partial charge in [-0.15, -0.1) is 0 Å². The fraction of sp³-hybridized carbons (Fsp3) is 0.250. The second-order valence-electron chi connectivity index (χ2n) is 4.62. The van der Waals surface area contributed by atoms with Gasteiger partial charge in [0.05, 0.1) is 11.4 Å². The summed E-state index contributed by atoms with van der Waals surface area (Å²) in [6, 6.07) is 4.53. The van der Waals surface area contributed by atoms with Gasteiger partial charge in [-0.05, 0) is 18.2 Å². The van der Waals surface area contributed by atoms with Crippen molar-refractivity contribution in [3.8, 4) is 0 Å². The Balaban J connectivity index is 2.33. The lowest BCUT2D eigenvalue weighted by molar-refractivity contribution is 0.598. The largest absolute Gasteiger partial charge is 0.399 e. The molecule has 108 valence electrons. The van der Waals surface area contributed by atoms with Crippen molar-refractivity contribution in [3.05, 3.63) is 36.4 Å². The molecule has 20 heavy (non-hydrogen) atoms. The monoisotopic (exact) mass is 295 g/mol. The van der Waals surface area contributed by atoms with Crippen molar-refractivity contribution < 1.29 is 8.42 Å². The van der Waals surface area contributed by atoms with Gasteiger partial charge in [-0.1, -0.05) is 0 Å². The van der Waals surface area contributed by atoms with E-state index in [1.54, 1.807) is 12.3 Å². The summed E-state index contributed by atoms with van der Waals surface area (Å²) in [4.78, 5) is 6.08. The lowest BCUT2D eigenvalue weighted by atomic mass is 10.2. The average Bonchev–Trinajstić information content (AvgIpc) is 2.73. The summed E-state index contributed by atoms with van der Waals surface area (Å²) in [7, 11) is -0.0552. The molecular formula is C12H17N5O2S. The molecular weight excluding hydrogens is 278 g/mol. The van der Waals surface area contributed by atoms with Gasteiger partial charge in [0.1, 0.15) is 5.82 Å². The summed E-state index contributed by atoms with van der Waals surface area (Å²) >= 11 is 0. The molecule has 1 aromatic heterocycles. The highest BCUT2D eigenvalue weighted by molar-refractivity contribution is 7.89. The average molecular weight is 295 g/mol. The summed E-state index contributed by atoms with van der Waals surface area (Å²) in [5, 5.41) is 5.14. The Morgan fingerprint density at radius 3 is 2.60 bits per heavy atom. The third-order valence-corrected chi connectivity index (χ3v) is 3.88. The van der Waals surface area contributed by atoms with Crippen LogP contribution in [0.1, 0.15) is 5.82 Å². The van der Waals surface area contributed by atoms with E-state index in [-0.39, 0.29) is 4.90 Å². The van der Waals surface area contributed by atoms with Gasteiger partial charge in [0.2, 0.25) is 10.0 Å². The fourth-order valence-corrected chi connectivity index (χ4v) is 2.43. The van der Waals surface area contributed by atoms with Gasteiger partial charge in [0.25, 0.3) is 0 Å². The van der Waals surface area contributed by atoms with Crippen LogP contribution in [0, 0.1) is 0 Å². The summed E-state index contributed by atoms with van der Waals surface area (Å²) in [5.74, 6) is 0.854. The van der Waals surface area contributed by atoms with E-state index in [1.165, 1.54) is 12.1 Å². The van der Waals surface area contributed by atoms with E-state index in [4.69, 9.17) is 10.9 Å². The van der Waals surface area contributed by atoms with Crippen LogP contribution in [0.5, 0.6) is 0 Å². The lowest BCUT2D eigenvalue weighted by Crippen LogP contribution is -2.20. The highest BCUT2D eigenvalue weighted by atomic mass is 32.2. The van der Waals surface area contributed by atoms with Gasteiger partial charge in [0.15, 0.2) is 0 Å². The molecule has 1 aromatic carbocycles. The van der Waals surface area contributed by atoms with Gasteiger partial charge in [-0.2, -0.15) is 0 Å². The molecule has 0 bridgehead atoms. The van der Waals surface area contributed by atoms with E-state index in [1.807, 2.05) is 29.8 Å². The zero-order chi connectivity index (χ0) is 14.9. The Hall–Kier alpha value is -2.06. The summed E-state index contributed by atoms with van der Waals surface area (Å²) in [6.07, 6.45) is 3.55. The smallest absolute Gasteiger partial charge is 0.238 e. The van der Waals surface area contributed by atoms with Crippen molar-refractivity contribution in [2.75, 3.05) is 17.7 Å². The summed E-state index contributed by atoms with van der Waals surface area (Å²) < 4.78 is 24.7. The highest BCUT2D eigenvalue weighted by Crippen LogP contribution is 2.23. The van der Waals surface area contributed by atoms with Crippen molar-refractivity contribution in [1.29, 1.82) is 0 Å². The van der Waals surface area contributed by atoms with Crippen LogP contribution in [0.15, 0.2) is 35.5 Å². The molecule has 0 atom stereocenters. The topological polar surface area (TPSA) is 107 Å². The number of nitrogens with zero attached hydrogens (tertiary/aromatic N) is 3. The zero-order valence-corrected chi connectivity index (χ0v) is 12.1. The maximum absolute atomic E-state index is 11.4. The highest BCUT2D eigenvalue weighted by Gasteiger charge is 2.13. The maximum atomic E-state index is 11.4. The number of sulfonamides is 1. The second kappa shape index (κ2) is 5.14. The molecule has 0 fully saturated rings. The molecule has 2 aromatic rings. The SMILES string of the molecule is CN(Cc1nccn1C)c1cc(N)cc(S(N)(=O)=O)c1. The molecule has 0 amide bonds. The normalized spacial score (nSPS) is 11.6. The molecule has 0 aliphatic heterocycles. The van der Waals surface area contributed by atoms with E-state index in [0.29, 0.717) is 17.9 Å². The predicted octanol–water partition coefficient (Wildman–Crippen LogP) is 0.286. The molecule has 4 N–H and O–H groups in total. The third-order valence-electron chi connectivity index (χ3n) is 2.98. The molecule has 0 unspecified atom stereocenters. The number of imidazole rings is 1. The molecule has 0 aliphatic rings. The fourth-order valence-electron chi connectivity index (χ4n) is 1.84. The molecule has 0 aliphatic carbocycles. The number of rotatable bonds is 4. The van der Waals surface area contributed by atoms with E-state index in [9.17, 15) is 8.42 Å². The first kappa shape index (κ1) is 14.4. The molecule has 0 spiro atoms. The molecule has 0 radical (unpaired) electrons. The quantitative estimate of drug-likeness (QED) is 0.788. The molecule has 8 heteroatoms. The van der Waals surface area contributed by atoms with Crippen LogP contribution in [-0.4, -0.2) is 25.0 Å². The number of hydrogen-bond acceptors (Lipinski definition) is 5. The first-order chi connectivity index (χ1) is 9.27. The minimum atomic E-state index is -3.78. The van der Waals surface area contributed by atoms with Crippen molar-refractivity contribution >= 4 is 21.4 Å². The number of primary sulfonamides is 1. The van der Waals surface area contributed by atoms with Crippen LogP contribution in [0.2, 0.25) is 0 Å². The number of nitrogens with two attached hydrogens (primary N) is 2. The van der Waals surface area contributed by atoms with Crippen LogP contribution >= 0.6 is 0 Å². The van der Waals surface area contributed by atoms with E-state index in [2.05, 4.69) is 4.98 Å². The zero-order valence-electron chi connectivity index (χ0n) is 11.3. The van der Waals surface area contributed by atoms with Crippen LogP contribution in [0.3, 0.4) is 0 Å². The minimum Gasteiger partial charge on any atom is -0.399 e. The van der Waals surface area contributed by atoms with Gasteiger partial charge in [-0.25, -0.2) is 18.5 Å². The number of hydrogen-bond donors (Lipinski definition) is 2. The van der Waals surface area contributed by atoms with Crippen molar-refractivity contribution in [3.63, 3.8) is 0 Å². The number of benzene rings is 1. The summed E-state index contributed by atoms with van der Waals surface area (Å²) in [5.41, 5.74) is 6.74. The Labute approximate surface area is 117 Å². The maximum Gasteiger partial charge on any atom is 0.238 e. The van der Waals surface area contributed by atoms with Crippen LogP contribution in [0.25, 0.3) is 0 Å². The number of aromatic nitrogens is 2. The first-order valence-electron chi connectivity index (χ1n) is 5.88. The van der Waals surface area contributed by atoms with E-state index >= 15 is 0 Å². The molecule has 0 saturated carbocycles.